The van der Waals surface area contributed by atoms with Crippen LogP contribution < -0.4 is 5.32 Å². The van der Waals surface area contributed by atoms with Crippen molar-refractivity contribution in [3.63, 3.8) is 0 Å². The zero-order valence-corrected chi connectivity index (χ0v) is 14.4. The molecule has 1 heterocycles. The summed E-state index contributed by atoms with van der Waals surface area (Å²) in [7, 11) is 0. The van der Waals surface area contributed by atoms with E-state index in [4.69, 9.17) is 0 Å². The van der Waals surface area contributed by atoms with Crippen molar-refractivity contribution in [2.45, 2.75) is 23.2 Å². The lowest BCUT2D eigenvalue weighted by Gasteiger charge is -2.07. The largest absolute Gasteiger partial charge is 0.459 e. The molecule has 1 N–H and O–H groups in total. The minimum atomic E-state index is -4.39. The van der Waals surface area contributed by atoms with Gasteiger partial charge in [0, 0.05) is 5.75 Å². The van der Waals surface area contributed by atoms with Crippen molar-refractivity contribution >= 4 is 40.1 Å². The molecule has 0 saturated heterocycles. The normalized spacial score (nSPS) is 11.2. The van der Waals surface area contributed by atoms with E-state index in [1.165, 1.54) is 17.8 Å². The smallest absolute Gasteiger partial charge is 0.416 e. The number of thioether (sulfide) groups is 1. The Kier molecular flexibility index (Phi) is 6.37. The van der Waals surface area contributed by atoms with Gasteiger partial charge in [-0.15, -0.1) is 10.2 Å². The Labute approximate surface area is 148 Å². The van der Waals surface area contributed by atoms with Crippen molar-refractivity contribution in [1.82, 2.24) is 10.2 Å². The second kappa shape index (κ2) is 8.30. The Morgan fingerprint density at radius 1 is 1.32 bits per heavy atom. The molecule has 0 spiro atoms. The minimum absolute atomic E-state index is 0.0699. The predicted molar refractivity (Wildman–Crippen MR) is 86.2 cm³/mol. The first-order valence-corrected chi connectivity index (χ1v) is 8.70. The van der Waals surface area contributed by atoms with Gasteiger partial charge in [-0.2, -0.15) is 13.2 Å². The summed E-state index contributed by atoms with van der Waals surface area (Å²) in [5, 5.41) is 9.84. The summed E-state index contributed by atoms with van der Waals surface area (Å²) in [6.45, 7) is 1.64. The third kappa shape index (κ3) is 5.71. The molecule has 0 bridgehead atoms. The fraction of sp³-hybridized carbons (Fsp3) is 0.286. The molecule has 0 aliphatic carbocycles. The Hall–Kier alpha value is -2.14. The second-order valence-corrected chi connectivity index (χ2v) is 6.73. The molecule has 1 aromatic carbocycles. The van der Waals surface area contributed by atoms with Gasteiger partial charge in [0.15, 0.2) is 4.34 Å². The van der Waals surface area contributed by atoms with Gasteiger partial charge in [-0.25, -0.2) is 4.79 Å². The van der Waals surface area contributed by atoms with Gasteiger partial charge < -0.3 is 4.74 Å². The number of carbonyl (C=O) groups excluding carboxylic acids is 2. The van der Waals surface area contributed by atoms with Crippen LogP contribution in [0.25, 0.3) is 0 Å². The van der Waals surface area contributed by atoms with Crippen LogP contribution in [0.15, 0.2) is 28.6 Å². The molecule has 1 amide bonds. The van der Waals surface area contributed by atoms with Crippen molar-refractivity contribution in [3.05, 3.63) is 35.4 Å². The van der Waals surface area contributed by atoms with Gasteiger partial charge in [-0.3, -0.25) is 10.1 Å². The monoisotopic (exact) mass is 391 g/mol. The SMILES string of the molecule is CCOC(=O)C(=O)Nc1nnc(SCc2cccc(C(F)(F)F)c2)s1. The minimum Gasteiger partial charge on any atom is -0.459 e. The zero-order chi connectivity index (χ0) is 18.4. The van der Waals surface area contributed by atoms with Crippen molar-refractivity contribution in [2.75, 3.05) is 11.9 Å². The Bertz CT molecular complexity index is 765. The van der Waals surface area contributed by atoms with Crippen LogP contribution in [-0.4, -0.2) is 28.7 Å². The van der Waals surface area contributed by atoms with Crippen LogP contribution in [0, 0.1) is 0 Å². The van der Waals surface area contributed by atoms with Gasteiger partial charge in [-0.1, -0.05) is 41.3 Å². The molecular weight excluding hydrogens is 379 g/mol. The molecule has 1 aromatic heterocycles. The number of hydrogen-bond acceptors (Lipinski definition) is 7. The molecule has 6 nitrogen and oxygen atoms in total. The van der Waals surface area contributed by atoms with Gasteiger partial charge in [-0.05, 0) is 18.6 Å². The highest BCUT2D eigenvalue weighted by Gasteiger charge is 2.30. The van der Waals surface area contributed by atoms with Crippen LogP contribution in [-0.2, 0) is 26.3 Å². The fourth-order valence-corrected chi connectivity index (χ4v) is 3.34. The van der Waals surface area contributed by atoms with E-state index in [1.54, 1.807) is 13.0 Å². The predicted octanol–water partition coefficient (Wildman–Crippen LogP) is 3.35. The highest BCUT2D eigenvalue weighted by Crippen LogP contribution is 2.32. The van der Waals surface area contributed by atoms with E-state index in [-0.39, 0.29) is 17.5 Å². The number of halogens is 3. The average molecular weight is 391 g/mol. The highest BCUT2D eigenvalue weighted by atomic mass is 32.2. The molecule has 0 unspecified atom stereocenters. The molecule has 0 aliphatic heterocycles. The van der Waals surface area contributed by atoms with E-state index >= 15 is 0 Å². The molecule has 0 atom stereocenters. The van der Waals surface area contributed by atoms with E-state index in [9.17, 15) is 22.8 Å². The highest BCUT2D eigenvalue weighted by molar-refractivity contribution is 8.00. The molecule has 2 aromatic rings. The van der Waals surface area contributed by atoms with Crippen LogP contribution in [0.5, 0.6) is 0 Å². The Balaban J connectivity index is 1.94. The standard InChI is InChI=1S/C14H12F3N3O3S2/c1-2-23-11(22)10(21)18-12-19-20-13(25-12)24-7-8-4-3-5-9(6-8)14(15,16)17/h3-6H,2,7H2,1H3,(H,18,19,21). The summed E-state index contributed by atoms with van der Waals surface area (Å²) < 4.78 is 43.0. The van der Waals surface area contributed by atoms with Crippen LogP contribution >= 0.6 is 23.1 Å². The number of benzene rings is 1. The lowest BCUT2D eigenvalue weighted by Crippen LogP contribution is -2.24. The van der Waals surface area contributed by atoms with Gasteiger partial charge in [0.25, 0.3) is 0 Å². The summed E-state index contributed by atoms with van der Waals surface area (Å²) in [5.41, 5.74) is -0.239. The maximum atomic E-state index is 12.7. The van der Waals surface area contributed by atoms with Crippen LogP contribution in [0.3, 0.4) is 0 Å². The van der Waals surface area contributed by atoms with Crippen LogP contribution in [0.2, 0.25) is 0 Å². The summed E-state index contributed by atoms with van der Waals surface area (Å²) >= 11 is 2.17. The molecule has 11 heteroatoms. The summed E-state index contributed by atoms with van der Waals surface area (Å²) in [5.74, 6) is -1.74. The zero-order valence-electron chi connectivity index (χ0n) is 12.8. The number of esters is 1. The average Bonchev–Trinajstić information content (AvgIpc) is 3.00. The lowest BCUT2D eigenvalue weighted by atomic mass is 10.1. The first-order valence-electron chi connectivity index (χ1n) is 6.90. The molecule has 25 heavy (non-hydrogen) atoms. The van der Waals surface area contributed by atoms with Gasteiger partial charge in [0.2, 0.25) is 5.13 Å². The molecule has 134 valence electrons. The van der Waals surface area contributed by atoms with Crippen molar-refractivity contribution < 1.29 is 27.5 Å². The summed E-state index contributed by atoms with van der Waals surface area (Å²) in [6, 6.07) is 4.98. The quantitative estimate of drug-likeness (QED) is 0.364. The van der Waals surface area contributed by atoms with Crippen molar-refractivity contribution in [2.24, 2.45) is 0 Å². The third-order valence-electron chi connectivity index (χ3n) is 2.70. The van der Waals surface area contributed by atoms with E-state index in [1.807, 2.05) is 0 Å². The molecule has 0 aliphatic rings. The number of rotatable bonds is 5. The van der Waals surface area contributed by atoms with Crippen molar-refractivity contribution in [1.29, 1.82) is 0 Å². The maximum Gasteiger partial charge on any atom is 0.416 e. The third-order valence-corrected chi connectivity index (χ3v) is 4.75. The van der Waals surface area contributed by atoms with E-state index < -0.39 is 23.6 Å². The summed E-state index contributed by atoms with van der Waals surface area (Å²) in [6.07, 6.45) is -4.39. The molecule has 0 saturated carbocycles. The summed E-state index contributed by atoms with van der Waals surface area (Å²) in [4.78, 5) is 22.7. The Morgan fingerprint density at radius 2 is 2.08 bits per heavy atom. The van der Waals surface area contributed by atoms with Crippen LogP contribution in [0.1, 0.15) is 18.1 Å². The maximum absolute atomic E-state index is 12.7. The molecule has 2 rings (SSSR count). The number of carbonyl (C=O) groups is 2. The molecule has 0 radical (unpaired) electrons. The topological polar surface area (TPSA) is 81.2 Å². The van der Waals surface area contributed by atoms with Gasteiger partial charge in [0.1, 0.15) is 0 Å². The van der Waals surface area contributed by atoms with Gasteiger partial charge in [0.05, 0.1) is 12.2 Å². The first kappa shape index (κ1) is 19.2. The number of nitrogens with one attached hydrogen (secondary N) is 1. The number of nitrogens with zero attached hydrogens (tertiary/aromatic N) is 2. The second-order valence-electron chi connectivity index (χ2n) is 4.53. The fourth-order valence-electron chi connectivity index (χ4n) is 1.65. The van der Waals surface area contributed by atoms with Crippen molar-refractivity contribution in [3.8, 4) is 0 Å². The van der Waals surface area contributed by atoms with E-state index in [0.717, 1.165) is 23.5 Å². The number of anilines is 1. The number of ether oxygens (including phenoxy) is 1. The number of alkyl halides is 3. The Morgan fingerprint density at radius 3 is 2.76 bits per heavy atom. The first-order chi connectivity index (χ1) is 11.8. The number of amides is 1. The van der Waals surface area contributed by atoms with Crippen LogP contribution in [0.4, 0.5) is 18.3 Å². The van der Waals surface area contributed by atoms with Gasteiger partial charge >= 0.3 is 18.1 Å². The van der Waals surface area contributed by atoms with E-state index in [0.29, 0.717) is 9.90 Å². The number of hydrogen-bond donors (Lipinski definition) is 1. The van der Waals surface area contributed by atoms with E-state index in [2.05, 4.69) is 20.3 Å². The lowest BCUT2D eigenvalue weighted by molar-refractivity contribution is -0.152. The molecular formula is C14H12F3N3O3S2. The number of aromatic nitrogens is 2. The molecule has 0 fully saturated rings.